The predicted molar refractivity (Wildman–Crippen MR) is 133 cm³/mol. The van der Waals surface area contributed by atoms with Crippen molar-refractivity contribution in [2.75, 3.05) is 37.5 Å². The van der Waals surface area contributed by atoms with E-state index in [1.807, 2.05) is 30.3 Å². The minimum atomic E-state index is -0.304. The number of hydrogen-bond donors (Lipinski definition) is 2. The lowest BCUT2D eigenvalue weighted by Gasteiger charge is -2.35. The second-order valence-corrected chi connectivity index (χ2v) is 9.68. The Labute approximate surface area is 197 Å². The van der Waals surface area contributed by atoms with Gasteiger partial charge in [-0.15, -0.1) is 0 Å². The van der Waals surface area contributed by atoms with Crippen LogP contribution in [0.1, 0.15) is 50.8 Å². The summed E-state index contributed by atoms with van der Waals surface area (Å²) in [6.45, 7) is 8.86. The van der Waals surface area contributed by atoms with Crippen molar-refractivity contribution in [3.8, 4) is 5.75 Å². The van der Waals surface area contributed by atoms with Gasteiger partial charge in [-0.3, -0.25) is 9.69 Å². The van der Waals surface area contributed by atoms with Crippen LogP contribution in [0.25, 0.3) is 0 Å². The first kappa shape index (κ1) is 23.6. The fraction of sp³-hybridized carbons (Fsp3) is 0.519. The molecule has 1 saturated heterocycles. The first-order valence-corrected chi connectivity index (χ1v) is 12.1. The highest BCUT2D eigenvalue weighted by Crippen LogP contribution is 2.34. The number of carbonyl (C=O) groups is 1. The maximum atomic E-state index is 13.0. The van der Waals surface area contributed by atoms with E-state index in [4.69, 9.17) is 9.47 Å². The normalized spacial score (nSPS) is 19.3. The van der Waals surface area contributed by atoms with Crippen LogP contribution in [0.5, 0.6) is 5.75 Å². The molecule has 0 bridgehead atoms. The van der Waals surface area contributed by atoms with E-state index in [1.54, 1.807) is 0 Å². The number of ether oxygens (including phenoxy) is 2. The highest BCUT2D eigenvalue weighted by atomic mass is 16.5. The molecule has 178 valence electrons. The molecule has 1 unspecified atom stereocenters. The fourth-order valence-corrected chi connectivity index (χ4v) is 4.62. The van der Waals surface area contributed by atoms with E-state index in [2.05, 4.69) is 55.5 Å². The van der Waals surface area contributed by atoms with E-state index in [9.17, 15) is 4.79 Å². The van der Waals surface area contributed by atoms with Crippen LogP contribution >= 0.6 is 0 Å². The van der Waals surface area contributed by atoms with Gasteiger partial charge in [0, 0.05) is 48.7 Å². The molecule has 4 rings (SSSR count). The lowest BCUT2D eigenvalue weighted by molar-refractivity contribution is -0.116. The summed E-state index contributed by atoms with van der Waals surface area (Å²) < 4.78 is 11.5. The molecule has 33 heavy (non-hydrogen) atoms. The number of carbonyl (C=O) groups excluding carboxylic acids is 1. The third kappa shape index (κ3) is 5.68. The van der Waals surface area contributed by atoms with Crippen LogP contribution in [0.15, 0.2) is 42.5 Å². The van der Waals surface area contributed by atoms with Crippen molar-refractivity contribution in [3.63, 3.8) is 0 Å². The molecule has 2 heterocycles. The molecule has 0 radical (unpaired) electrons. The number of nitrogens with zero attached hydrogens (tertiary/aromatic N) is 1. The van der Waals surface area contributed by atoms with Gasteiger partial charge in [0.15, 0.2) is 0 Å². The number of nitrogens with one attached hydrogen (secondary N) is 2. The summed E-state index contributed by atoms with van der Waals surface area (Å²) in [6, 6.07) is 14.8. The lowest BCUT2D eigenvalue weighted by Crippen LogP contribution is -2.38. The zero-order chi connectivity index (χ0) is 23.4. The lowest BCUT2D eigenvalue weighted by atomic mass is 10.0. The first-order valence-electron chi connectivity index (χ1n) is 12.1. The van der Waals surface area contributed by atoms with Gasteiger partial charge in [-0.05, 0) is 62.6 Å². The number of hydrogen-bond acceptors (Lipinski definition) is 5. The summed E-state index contributed by atoms with van der Waals surface area (Å²) in [5.41, 5.74) is 4.13. The standard InChI is InChI=1S/C27H37N3O3/c1-18(2)17-33-26-7-5-6-24-23(26)16-25(29-24)27(31)28-21-10-8-20(9-11-21)19(3)30(4)22-12-14-32-15-13-22/h5-11,18-19,22,25,29H,12-17H2,1-4H3,(H,28,31)/t19-,25?/m1/s1. The smallest absolute Gasteiger partial charge is 0.247 e. The van der Waals surface area contributed by atoms with E-state index in [1.165, 1.54) is 5.56 Å². The molecule has 0 aliphatic carbocycles. The average molecular weight is 452 g/mol. The van der Waals surface area contributed by atoms with Gasteiger partial charge in [0.05, 0.1) is 6.61 Å². The summed E-state index contributed by atoms with van der Waals surface area (Å²) in [6.07, 6.45) is 2.78. The number of anilines is 2. The van der Waals surface area contributed by atoms with Crippen LogP contribution in [0.4, 0.5) is 11.4 Å². The minimum absolute atomic E-state index is 0.0267. The highest BCUT2D eigenvalue weighted by Gasteiger charge is 2.29. The second kappa shape index (κ2) is 10.6. The molecule has 6 nitrogen and oxygen atoms in total. The topological polar surface area (TPSA) is 62.8 Å². The second-order valence-electron chi connectivity index (χ2n) is 9.68. The summed E-state index contributed by atoms with van der Waals surface area (Å²) in [4.78, 5) is 15.4. The van der Waals surface area contributed by atoms with Crippen LogP contribution in [-0.4, -0.2) is 49.8 Å². The third-order valence-electron chi connectivity index (χ3n) is 6.80. The van der Waals surface area contributed by atoms with Crippen LogP contribution in [0.3, 0.4) is 0 Å². The Morgan fingerprint density at radius 2 is 1.88 bits per heavy atom. The molecule has 2 aromatic rings. The Bertz CT molecular complexity index is 938. The van der Waals surface area contributed by atoms with E-state index in [-0.39, 0.29) is 11.9 Å². The maximum Gasteiger partial charge on any atom is 0.247 e. The van der Waals surface area contributed by atoms with Crippen LogP contribution < -0.4 is 15.4 Å². The van der Waals surface area contributed by atoms with Gasteiger partial charge in [0.25, 0.3) is 0 Å². The fourth-order valence-electron chi connectivity index (χ4n) is 4.62. The Morgan fingerprint density at radius 1 is 1.15 bits per heavy atom. The van der Waals surface area contributed by atoms with Crippen molar-refractivity contribution < 1.29 is 14.3 Å². The molecule has 1 amide bonds. The van der Waals surface area contributed by atoms with E-state index >= 15 is 0 Å². The Morgan fingerprint density at radius 3 is 2.58 bits per heavy atom. The summed E-state index contributed by atoms with van der Waals surface area (Å²) in [5.74, 6) is 1.30. The van der Waals surface area contributed by atoms with Gasteiger partial charge < -0.3 is 20.1 Å². The van der Waals surface area contributed by atoms with Gasteiger partial charge in [-0.1, -0.05) is 32.0 Å². The van der Waals surface area contributed by atoms with Gasteiger partial charge in [-0.2, -0.15) is 0 Å². The van der Waals surface area contributed by atoms with Gasteiger partial charge in [0.1, 0.15) is 11.8 Å². The molecule has 2 atom stereocenters. The monoisotopic (exact) mass is 451 g/mol. The van der Waals surface area contributed by atoms with E-state index in [0.29, 0.717) is 31.0 Å². The van der Waals surface area contributed by atoms with Crippen LogP contribution in [0, 0.1) is 5.92 Å². The molecular formula is C27H37N3O3. The van der Waals surface area contributed by atoms with Crippen molar-refractivity contribution >= 4 is 17.3 Å². The van der Waals surface area contributed by atoms with E-state index < -0.39 is 0 Å². The van der Waals surface area contributed by atoms with Gasteiger partial charge in [0.2, 0.25) is 5.91 Å². The third-order valence-corrected chi connectivity index (χ3v) is 6.80. The van der Waals surface area contributed by atoms with E-state index in [0.717, 1.165) is 48.7 Å². The molecule has 0 saturated carbocycles. The molecule has 6 heteroatoms. The molecule has 0 spiro atoms. The maximum absolute atomic E-state index is 13.0. The molecular weight excluding hydrogens is 414 g/mol. The average Bonchev–Trinajstić information content (AvgIpc) is 3.28. The first-order chi connectivity index (χ1) is 15.9. The van der Waals surface area contributed by atoms with Crippen molar-refractivity contribution in [1.82, 2.24) is 4.90 Å². The number of amides is 1. The van der Waals surface area contributed by atoms with Crippen LogP contribution in [-0.2, 0) is 16.0 Å². The Balaban J connectivity index is 1.34. The van der Waals surface area contributed by atoms with Crippen molar-refractivity contribution in [3.05, 3.63) is 53.6 Å². The van der Waals surface area contributed by atoms with Crippen molar-refractivity contribution in [1.29, 1.82) is 0 Å². The van der Waals surface area contributed by atoms with Crippen molar-refractivity contribution in [2.24, 2.45) is 5.92 Å². The molecule has 1 fully saturated rings. The summed E-state index contributed by atoms with van der Waals surface area (Å²) in [7, 11) is 2.19. The Kier molecular flexibility index (Phi) is 7.56. The summed E-state index contributed by atoms with van der Waals surface area (Å²) in [5, 5.41) is 6.43. The predicted octanol–water partition coefficient (Wildman–Crippen LogP) is 4.87. The molecule has 2 aliphatic heterocycles. The highest BCUT2D eigenvalue weighted by molar-refractivity contribution is 5.98. The quantitative estimate of drug-likeness (QED) is 0.600. The zero-order valence-corrected chi connectivity index (χ0v) is 20.3. The zero-order valence-electron chi connectivity index (χ0n) is 20.3. The number of benzene rings is 2. The van der Waals surface area contributed by atoms with Gasteiger partial charge in [-0.25, -0.2) is 0 Å². The van der Waals surface area contributed by atoms with Crippen molar-refractivity contribution in [2.45, 2.75) is 58.2 Å². The number of rotatable bonds is 8. The minimum Gasteiger partial charge on any atom is -0.493 e. The van der Waals surface area contributed by atoms with Crippen LogP contribution in [0.2, 0.25) is 0 Å². The SMILES string of the molecule is CC(C)COc1cccc2c1CC(C(=O)Nc1ccc([C@@H](C)N(C)C3CCOCC3)cc1)N2. The Hall–Kier alpha value is -2.57. The summed E-state index contributed by atoms with van der Waals surface area (Å²) >= 11 is 0. The molecule has 2 aromatic carbocycles. The van der Waals surface area contributed by atoms with Gasteiger partial charge >= 0.3 is 0 Å². The molecule has 2 aliphatic rings. The number of fused-ring (bicyclic) bond motifs is 1. The molecule has 2 N–H and O–H groups in total. The largest absolute Gasteiger partial charge is 0.493 e. The molecule has 0 aromatic heterocycles.